The number of rotatable bonds is 2. The molecule has 25 heavy (non-hydrogen) atoms. The Bertz CT molecular complexity index is 1130. The highest BCUT2D eigenvalue weighted by Crippen LogP contribution is 2.56. The van der Waals surface area contributed by atoms with E-state index in [0.717, 1.165) is 28.5 Å². The summed E-state index contributed by atoms with van der Waals surface area (Å²) in [7, 11) is 0. The fraction of sp³-hybridized carbons (Fsp3) is 0.217. The zero-order chi connectivity index (χ0) is 17.2. The summed E-state index contributed by atoms with van der Waals surface area (Å²) in [5.41, 5.74) is 7.66. The smallest absolute Gasteiger partial charge is 0.136 e. The van der Waals surface area contributed by atoms with E-state index in [4.69, 9.17) is 4.42 Å². The predicted octanol–water partition coefficient (Wildman–Crippen LogP) is 7.44. The van der Waals surface area contributed by atoms with Crippen LogP contribution >= 0.6 is 15.9 Å². The van der Waals surface area contributed by atoms with Crippen LogP contribution < -0.4 is 0 Å². The molecule has 0 unspecified atom stereocenters. The third-order valence-electron chi connectivity index (χ3n) is 6.03. The second-order valence-electron chi connectivity index (χ2n) is 6.94. The average Bonchev–Trinajstić information content (AvgIpc) is 3.14. The molecule has 1 aliphatic rings. The van der Waals surface area contributed by atoms with Crippen LogP contribution in [0.3, 0.4) is 0 Å². The Morgan fingerprint density at radius 3 is 2.48 bits per heavy atom. The molecule has 0 atom stereocenters. The van der Waals surface area contributed by atoms with Gasteiger partial charge >= 0.3 is 0 Å². The lowest BCUT2D eigenvalue weighted by Crippen LogP contribution is -2.22. The van der Waals surface area contributed by atoms with Crippen molar-refractivity contribution in [2.45, 2.75) is 32.1 Å². The molecule has 0 saturated heterocycles. The summed E-state index contributed by atoms with van der Waals surface area (Å²) in [5, 5.41) is 2.48. The van der Waals surface area contributed by atoms with E-state index in [1.165, 1.54) is 33.0 Å². The van der Waals surface area contributed by atoms with Gasteiger partial charge in [-0.1, -0.05) is 60.1 Å². The number of furan rings is 1. The van der Waals surface area contributed by atoms with Gasteiger partial charge in [-0.3, -0.25) is 0 Å². The number of halogens is 1. The van der Waals surface area contributed by atoms with Gasteiger partial charge in [-0.05, 0) is 59.4 Å². The van der Waals surface area contributed by atoms with Crippen LogP contribution in [-0.4, -0.2) is 0 Å². The molecule has 5 rings (SSSR count). The molecule has 0 amide bonds. The highest BCUT2D eigenvalue weighted by molar-refractivity contribution is 9.10. The highest BCUT2D eigenvalue weighted by Gasteiger charge is 2.41. The maximum absolute atomic E-state index is 6.14. The molecule has 1 aromatic heterocycles. The molecule has 2 heteroatoms. The number of hydrogen-bond acceptors (Lipinski definition) is 1. The van der Waals surface area contributed by atoms with Gasteiger partial charge in [-0.15, -0.1) is 0 Å². The van der Waals surface area contributed by atoms with Gasteiger partial charge in [0.2, 0.25) is 0 Å². The molecule has 3 aromatic carbocycles. The summed E-state index contributed by atoms with van der Waals surface area (Å²) < 4.78 is 7.29. The van der Waals surface area contributed by atoms with Crippen LogP contribution in [-0.2, 0) is 5.41 Å². The van der Waals surface area contributed by atoms with E-state index in [1.54, 1.807) is 0 Å². The first-order valence-corrected chi connectivity index (χ1v) is 9.74. The standard InChI is InChI=1S/C23H19BrO/c1-3-23(4-2)17-11-12-20-22(16-7-5-6-8-19(16)25-20)21(17)15-10-9-14(24)13-18(15)23/h5-13H,3-4H2,1-2H3. The Morgan fingerprint density at radius 1 is 0.880 bits per heavy atom. The monoisotopic (exact) mass is 390 g/mol. The molecule has 0 N–H and O–H groups in total. The van der Waals surface area contributed by atoms with Crippen molar-refractivity contribution in [3.8, 4) is 11.1 Å². The molecule has 1 heterocycles. The molecule has 1 nitrogen and oxygen atoms in total. The van der Waals surface area contributed by atoms with E-state index in [0.29, 0.717) is 0 Å². The molecule has 0 saturated carbocycles. The van der Waals surface area contributed by atoms with Crippen LogP contribution in [0.5, 0.6) is 0 Å². The minimum Gasteiger partial charge on any atom is -0.456 e. The van der Waals surface area contributed by atoms with E-state index in [9.17, 15) is 0 Å². The molecule has 1 aliphatic carbocycles. The van der Waals surface area contributed by atoms with Crippen LogP contribution in [0.4, 0.5) is 0 Å². The first kappa shape index (κ1) is 15.2. The Labute approximate surface area is 155 Å². The Balaban J connectivity index is 2.01. The van der Waals surface area contributed by atoms with E-state index < -0.39 is 0 Å². The topological polar surface area (TPSA) is 13.1 Å². The van der Waals surface area contributed by atoms with Crippen LogP contribution in [0.25, 0.3) is 33.1 Å². The lowest BCUT2D eigenvalue weighted by Gasteiger charge is -2.29. The van der Waals surface area contributed by atoms with Gasteiger partial charge in [0, 0.05) is 20.7 Å². The molecular formula is C23H19BrO. The van der Waals surface area contributed by atoms with Gasteiger partial charge in [-0.25, -0.2) is 0 Å². The van der Waals surface area contributed by atoms with E-state index in [2.05, 4.69) is 78.3 Å². The number of fused-ring (bicyclic) bond motifs is 7. The lowest BCUT2D eigenvalue weighted by molar-refractivity contribution is 0.490. The van der Waals surface area contributed by atoms with Gasteiger partial charge < -0.3 is 4.42 Å². The van der Waals surface area contributed by atoms with Gasteiger partial charge in [-0.2, -0.15) is 0 Å². The van der Waals surface area contributed by atoms with E-state index >= 15 is 0 Å². The zero-order valence-electron chi connectivity index (χ0n) is 14.4. The fourth-order valence-electron chi connectivity index (χ4n) is 4.78. The summed E-state index contributed by atoms with van der Waals surface area (Å²) >= 11 is 3.68. The van der Waals surface area contributed by atoms with Crippen molar-refractivity contribution in [1.29, 1.82) is 0 Å². The molecular weight excluding hydrogens is 372 g/mol. The molecule has 0 aliphatic heterocycles. The fourth-order valence-corrected chi connectivity index (χ4v) is 5.14. The lowest BCUT2D eigenvalue weighted by atomic mass is 9.74. The Kier molecular flexibility index (Phi) is 3.18. The van der Waals surface area contributed by atoms with Gasteiger partial charge in [0.05, 0.1) is 0 Å². The van der Waals surface area contributed by atoms with Gasteiger partial charge in [0.1, 0.15) is 11.2 Å². The van der Waals surface area contributed by atoms with Crippen LogP contribution in [0.15, 0.2) is 63.5 Å². The molecule has 0 radical (unpaired) electrons. The second kappa shape index (κ2) is 5.22. The molecule has 0 bridgehead atoms. The SMILES string of the molecule is CCC1(CC)c2cc(Br)ccc2-c2c1ccc1oc3ccccc3c21. The van der Waals surface area contributed by atoms with Crippen LogP contribution in [0, 0.1) is 0 Å². The zero-order valence-corrected chi connectivity index (χ0v) is 16.0. The molecule has 4 aromatic rings. The van der Waals surface area contributed by atoms with Gasteiger partial charge in [0.25, 0.3) is 0 Å². The molecule has 0 fully saturated rings. The quantitative estimate of drug-likeness (QED) is 0.346. The van der Waals surface area contributed by atoms with Crippen molar-refractivity contribution in [3.63, 3.8) is 0 Å². The van der Waals surface area contributed by atoms with E-state index in [1.807, 2.05) is 6.07 Å². The average molecular weight is 391 g/mol. The summed E-state index contributed by atoms with van der Waals surface area (Å²) in [6.07, 6.45) is 2.20. The molecule has 0 spiro atoms. The first-order chi connectivity index (χ1) is 12.2. The maximum Gasteiger partial charge on any atom is 0.136 e. The third kappa shape index (κ3) is 1.84. The normalized spacial score (nSPS) is 14.8. The number of para-hydroxylation sites is 1. The first-order valence-electron chi connectivity index (χ1n) is 8.94. The van der Waals surface area contributed by atoms with Crippen LogP contribution in [0.1, 0.15) is 37.8 Å². The Hall–Kier alpha value is -2.06. The summed E-state index contributed by atoms with van der Waals surface area (Å²) in [4.78, 5) is 0. The van der Waals surface area contributed by atoms with Crippen molar-refractivity contribution in [3.05, 3.63) is 70.2 Å². The predicted molar refractivity (Wildman–Crippen MR) is 108 cm³/mol. The van der Waals surface area contributed by atoms with Crippen molar-refractivity contribution >= 4 is 37.9 Å². The minimum atomic E-state index is 0.0843. The van der Waals surface area contributed by atoms with Crippen molar-refractivity contribution in [2.24, 2.45) is 0 Å². The number of hydrogen-bond donors (Lipinski definition) is 0. The van der Waals surface area contributed by atoms with E-state index in [-0.39, 0.29) is 5.41 Å². The van der Waals surface area contributed by atoms with Crippen LogP contribution in [0.2, 0.25) is 0 Å². The second-order valence-corrected chi connectivity index (χ2v) is 7.85. The molecule has 124 valence electrons. The third-order valence-corrected chi connectivity index (χ3v) is 6.53. The van der Waals surface area contributed by atoms with Gasteiger partial charge in [0.15, 0.2) is 0 Å². The van der Waals surface area contributed by atoms with Crippen molar-refractivity contribution < 1.29 is 4.42 Å². The van der Waals surface area contributed by atoms with Crippen molar-refractivity contribution in [2.75, 3.05) is 0 Å². The Morgan fingerprint density at radius 2 is 1.68 bits per heavy atom. The number of benzene rings is 3. The minimum absolute atomic E-state index is 0.0843. The summed E-state index contributed by atoms with van der Waals surface area (Å²) in [6.45, 7) is 4.61. The van der Waals surface area contributed by atoms with Crippen molar-refractivity contribution in [1.82, 2.24) is 0 Å². The highest BCUT2D eigenvalue weighted by atomic mass is 79.9. The summed E-state index contributed by atoms with van der Waals surface area (Å²) in [6, 6.07) is 19.6. The maximum atomic E-state index is 6.14. The summed E-state index contributed by atoms with van der Waals surface area (Å²) in [5.74, 6) is 0. The largest absolute Gasteiger partial charge is 0.456 e.